The van der Waals surface area contributed by atoms with E-state index in [2.05, 4.69) is 22.2 Å². The van der Waals surface area contributed by atoms with Gasteiger partial charge in [0.2, 0.25) is 0 Å². The van der Waals surface area contributed by atoms with Crippen LogP contribution in [-0.2, 0) is 5.41 Å². The van der Waals surface area contributed by atoms with Crippen molar-refractivity contribution in [3.05, 3.63) is 29.8 Å². The van der Waals surface area contributed by atoms with Crippen molar-refractivity contribution in [3.8, 4) is 11.8 Å². The number of anilines is 1. The predicted octanol–water partition coefficient (Wildman–Crippen LogP) is 3.92. The zero-order valence-electron chi connectivity index (χ0n) is 11.0. The Morgan fingerprint density at radius 3 is 2.67 bits per heavy atom. The molecule has 1 unspecified atom stereocenters. The highest BCUT2D eigenvalue weighted by Crippen LogP contribution is 2.45. The predicted molar refractivity (Wildman–Crippen MR) is 76.5 cm³/mol. The van der Waals surface area contributed by atoms with Crippen LogP contribution in [0.4, 0.5) is 18.9 Å². The van der Waals surface area contributed by atoms with Crippen molar-refractivity contribution in [3.63, 3.8) is 0 Å². The molecule has 1 atom stereocenters. The Labute approximate surface area is 125 Å². The Hall–Kier alpha value is -1.67. The maximum atomic E-state index is 13.8. The van der Waals surface area contributed by atoms with Gasteiger partial charge in [-0.25, -0.2) is 0 Å². The smallest absolute Gasteiger partial charge is 0.330 e. The number of amidine groups is 1. The third kappa shape index (κ3) is 2.60. The van der Waals surface area contributed by atoms with E-state index in [9.17, 15) is 13.2 Å². The van der Waals surface area contributed by atoms with Gasteiger partial charge in [0, 0.05) is 17.2 Å². The van der Waals surface area contributed by atoms with Crippen LogP contribution < -0.4 is 5.32 Å². The minimum absolute atomic E-state index is 0.0539. The number of hydrogen-bond donors (Lipinski definition) is 1. The maximum absolute atomic E-state index is 13.8. The molecular weight excluding hydrogens is 301 g/mol. The molecule has 110 valence electrons. The lowest BCUT2D eigenvalue weighted by Gasteiger charge is -2.30. The van der Waals surface area contributed by atoms with Crippen molar-refractivity contribution in [2.24, 2.45) is 10.9 Å². The first kappa shape index (κ1) is 14.3. The molecule has 3 rings (SSSR count). The minimum atomic E-state index is -4.53. The average Bonchev–Trinajstić information content (AvgIpc) is 3.22. The van der Waals surface area contributed by atoms with Crippen LogP contribution in [-0.4, -0.2) is 18.0 Å². The Bertz CT molecular complexity index is 653. The van der Waals surface area contributed by atoms with Crippen molar-refractivity contribution >= 4 is 22.6 Å². The van der Waals surface area contributed by atoms with Gasteiger partial charge in [-0.15, -0.1) is 0 Å². The first-order valence-electron chi connectivity index (χ1n) is 6.58. The number of halogens is 4. The molecule has 6 heteroatoms. The third-order valence-electron chi connectivity index (χ3n) is 3.63. The van der Waals surface area contributed by atoms with Gasteiger partial charge in [0.15, 0.2) is 10.7 Å². The zero-order chi connectivity index (χ0) is 15.1. The van der Waals surface area contributed by atoms with E-state index >= 15 is 0 Å². The number of nitrogens with zero attached hydrogens (tertiary/aromatic N) is 1. The highest BCUT2D eigenvalue weighted by Gasteiger charge is 2.57. The van der Waals surface area contributed by atoms with Crippen LogP contribution in [0.2, 0.25) is 0 Å². The van der Waals surface area contributed by atoms with Crippen LogP contribution in [0.3, 0.4) is 0 Å². The molecule has 0 aromatic heterocycles. The summed E-state index contributed by atoms with van der Waals surface area (Å²) in [6.07, 6.45) is -2.80. The third-order valence-corrected chi connectivity index (χ3v) is 3.84. The molecule has 1 aliphatic carbocycles. The SMILES string of the molecule is FC(F)(F)C1(C#CC2CC2)CN=C(Cl)Nc2ccccc21. The van der Waals surface area contributed by atoms with Gasteiger partial charge in [-0.1, -0.05) is 30.0 Å². The van der Waals surface area contributed by atoms with E-state index in [1.807, 2.05) is 0 Å². The summed E-state index contributed by atoms with van der Waals surface area (Å²) in [4.78, 5) is 3.81. The number of fused-ring (bicyclic) bond motifs is 1. The number of rotatable bonds is 0. The van der Waals surface area contributed by atoms with E-state index in [0.29, 0.717) is 5.69 Å². The molecule has 1 fully saturated rings. The second kappa shape index (κ2) is 4.96. The summed E-state index contributed by atoms with van der Waals surface area (Å²) in [5, 5.41) is 2.65. The van der Waals surface area contributed by atoms with E-state index in [4.69, 9.17) is 11.6 Å². The molecule has 1 aromatic rings. The van der Waals surface area contributed by atoms with Crippen LogP contribution in [0.1, 0.15) is 18.4 Å². The van der Waals surface area contributed by atoms with Crippen LogP contribution in [0.5, 0.6) is 0 Å². The molecule has 0 amide bonds. The van der Waals surface area contributed by atoms with E-state index in [-0.39, 0.29) is 16.8 Å². The van der Waals surface area contributed by atoms with E-state index in [1.54, 1.807) is 18.2 Å². The molecule has 0 bridgehead atoms. The summed E-state index contributed by atoms with van der Waals surface area (Å²) in [5.74, 6) is 5.30. The molecule has 0 radical (unpaired) electrons. The van der Waals surface area contributed by atoms with Crippen LogP contribution in [0.15, 0.2) is 29.3 Å². The quantitative estimate of drug-likeness (QED) is 0.570. The van der Waals surface area contributed by atoms with Gasteiger partial charge in [-0.05, 0) is 30.5 Å². The highest BCUT2D eigenvalue weighted by atomic mass is 35.5. The first-order valence-corrected chi connectivity index (χ1v) is 6.96. The molecule has 2 aliphatic rings. The fraction of sp³-hybridized carbons (Fsp3) is 0.400. The minimum Gasteiger partial charge on any atom is -0.330 e. The molecule has 1 saturated carbocycles. The molecule has 1 aliphatic heterocycles. The van der Waals surface area contributed by atoms with Gasteiger partial charge >= 0.3 is 6.18 Å². The van der Waals surface area contributed by atoms with Crippen molar-refractivity contribution in [1.29, 1.82) is 0 Å². The van der Waals surface area contributed by atoms with E-state index in [1.165, 1.54) is 6.07 Å². The fourth-order valence-electron chi connectivity index (χ4n) is 2.26. The van der Waals surface area contributed by atoms with Crippen molar-refractivity contribution < 1.29 is 13.2 Å². The van der Waals surface area contributed by atoms with Crippen molar-refractivity contribution in [2.75, 3.05) is 11.9 Å². The Balaban J connectivity index is 2.20. The Kier molecular flexibility index (Phi) is 3.37. The zero-order valence-corrected chi connectivity index (χ0v) is 11.7. The number of aliphatic imine (C=N–C) groups is 1. The number of nitrogens with one attached hydrogen (secondary N) is 1. The standard InChI is InChI=1S/C15H12ClF3N2/c16-13-20-9-14(15(17,18)19,8-7-10-5-6-10)11-3-1-2-4-12(11)21-13/h1-4,10H,5-6,9H2,(H,20,21). The average molecular weight is 313 g/mol. The molecule has 1 aromatic carbocycles. The Morgan fingerprint density at radius 1 is 1.29 bits per heavy atom. The normalized spacial score (nSPS) is 24.9. The van der Waals surface area contributed by atoms with Crippen LogP contribution >= 0.6 is 11.6 Å². The first-order chi connectivity index (χ1) is 9.92. The lowest BCUT2D eigenvalue weighted by Crippen LogP contribution is -2.44. The summed E-state index contributed by atoms with van der Waals surface area (Å²) >= 11 is 5.82. The summed E-state index contributed by atoms with van der Waals surface area (Å²) in [6.45, 7) is -0.529. The van der Waals surface area contributed by atoms with E-state index < -0.39 is 18.1 Å². The van der Waals surface area contributed by atoms with Gasteiger partial charge < -0.3 is 5.32 Å². The molecule has 1 heterocycles. The van der Waals surface area contributed by atoms with E-state index in [0.717, 1.165) is 12.8 Å². The number of alkyl halides is 3. The number of para-hydroxylation sites is 1. The lowest BCUT2D eigenvalue weighted by molar-refractivity contribution is -0.169. The van der Waals surface area contributed by atoms with Gasteiger partial charge in [0.1, 0.15) is 0 Å². The Morgan fingerprint density at radius 2 is 2.00 bits per heavy atom. The van der Waals surface area contributed by atoms with Crippen molar-refractivity contribution in [2.45, 2.75) is 24.4 Å². The number of hydrogen-bond acceptors (Lipinski definition) is 2. The largest absolute Gasteiger partial charge is 0.410 e. The van der Waals surface area contributed by atoms with Gasteiger partial charge in [0.25, 0.3) is 0 Å². The van der Waals surface area contributed by atoms with Crippen molar-refractivity contribution in [1.82, 2.24) is 0 Å². The van der Waals surface area contributed by atoms with Gasteiger partial charge in [-0.2, -0.15) is 13.2 Å². The molecule has 1 N–H and O–H groups in total. The summed E-state index contributed by atoms with van der Waals surface area (Å²) in [7, 11) is 0. The topological polar surface area (TPSA) is 24.4 Å². The molecule has 0 saturated heterocycles. The fourth-order valence-corrected chi connectivity index (χ4v) is 2.42. The summed E-state index contributed by atoms with van der Waals surface area (Å²) in [5.41, 5.74) is -1.94. The molecule has 0 spiro atoms. The summed E-state index contributed by atoms with van der Waals surface area (Å²) in [6, 6.07) is 6.20. The second-order valence-corrected chi connectivity index (χ2v) is 5.58. The van der Waals surface area contributed by atoms with Crippen LogP contribution in [0, 0.1) is 17.8 Å². The summed E-state index contributed by atoms with van der Waals surface area (Å²) < 4.78 is 41.4. The molecular formula is C15H12ClF3N2. The second-order valence-electron chi connectivity index (χ2n) is 5.22. The lowest BCUT2D eigenvalue weighted by atomic mass is 9.79. The van der Waals surface area contributed by atoms with Gasteiger partial charge in [0.05, 0.1) is 6.54 Å². The monoisotopic (exact) mass is 312 g/mol. The van der Waals surface area contributed by atoms with Crippen LogP contribution in [0.25, 0.3) is 0 Å². The molecule has 2 nitrogen and oxygen atoms in total. The highest BCUT2D eigenvalue weighted by molar-refractivity contribution is 6.67. The van der Waals surface area contributed by atoms with Gasteiger partial charge in [-0.3, -0.25) is 4.99 Å². The number of benzene rings is 1. The maximum Gasteiger partial charge on any atom is 0.410 e. The molecule has 21 heavy (non-hydrogen) atoms.